The Hall–Kier alpha value is -2.26. The van der Waals surface area contributed by atoms with Crippen LogP contribution in [0.2, 0.25) is 5.02 Å². The summed E-state index contributed by atoms with van der Waals surface area (Å²) >= 11 is 6.15. The number of ether oxygens (including phenoxy) is 1. The van der Waals surface area contributed by atoms with Crippen molar-refractivity contribution in [1.82, 2.24) is 19.8 Å². The summed E-state index contributed by atoms with van der Waals surface area (Å²) in [5.41, 5.74) is 2.84. The molecule has 0 saturated carbocycles. The van der Waals surface area contributed by atoms with Gasteiger partial charge in [-0.3, -0.25) is 4.79 Å². The van der Waals surface area contributed by atoms with Crippen molar-refractivity contribution in [2.75, 3.05) is 63.9 Å². The average molecular weight is 514 g/mol. The molecule has 0 bridgehead atoms. The second-order valence-corrected chi connectivity index (χ2v) is 10.6. The van der Waals surface area contributed by atoms with E-state index in [-0.39, 0.29) is 17.7 Å². The summed E-state index contributed by atoms with van der Waals surface area (Å²) in [7, 11) is 0. The Kier molecular flexibility index (Phi) is 8.06. The number of aromatic nitrogens is 2. The molecule has 0 spiro atoms. The summed E-state index contributed by atoms with van der Waals surface area (Å²) in [6.45, 7) is 9.21. The van der Waals surface area contributed by atoms with E-state index >= 15 is 0 Å². The molecule has 2 aromatic rings. The molecule has 1 amide bonds. The number of piperazine rings is 1. The van der Waals surface area contributed by atoms with E-state index < -0.39 is 6.10 Å². The number of aliphatic hydroxyl groups excluding tert-OH is 1. The SMILES string of the molecule is C[C@@H]1C[C@@H](O)c2ncnc(N3CCN(C(=O)[C@H](CCN4CCCOCC4)c4ccc(Cl)cc4)CC3)c21. The summed E-state index contributed by atoms with van der Waals surface area (Å²) in [5.74, 6) is 1.12. The predicted molar refractivity (Wildman–Crippen MR) is 140 cm³/mol. The normalized spacial score (nSPS) is 23.9. The number of nitrogens with zero attached hydrogens (tertiary/aromatic N) is 5. The number of benzene rings is 1. The zero-order valence-electron chi connectivity index (χ0n) is 21.0. The molecule has 1 aromatic carbocycles. The van der Waals surface area contributed by atoms with E-state index in [4.69, 9.17) is 16.3 Å². The highest BCUT2D eigenvalue weighted by atomic mass is 35.5. The van der Waals surface area contributed by atoms with Gasteiger partial charge in [-0.05, 0) is 49.4 Å². The topological polar surface area (TPSA) is 82.0 Å². The summed E-state index contributed by atoms with van der Waals surface area (Å²) in [6.07, 6.45) is 3.53. The lowest BCUT2D eigenvalue weighted by Gasteiger charge is -2.38. The molecule has 9 heteroatoms. The third-order valence-corrected chi connectivity index (χ3v) is 8.04. The Bertz CT molecular complexity index is 1040. The minimum absolute atomic E-state index is 0.180. The Morgan fingerprint density at radius 3 is 2.67 bits per heavy atom. The molecule has 1 N–H and O–H groups in total. The van der Waals surface area contributed by atoms with Crippen molar-refractivity contribution >= 4 is 23.3 Å². The van der Waals surface area contributed by atoms with Gasteiger partial charge in [-0.15, -0.1) is 0 Å². The van der Waals surface area contributed by atoms with Gasteiger partial charge in [0.2, 0.25) is 5.91 Å². The lowest BCUT2D eigenvalue weighted by Crippen LogP contribution is -2.50. The third-order valence-electron chi connectivity index (χ3n) is 7.79. The van der Waals surface area contributed by atoms with Crippen LogP contribution in [0.3, 0.4) is 0 Å². The van der Waals surface area contributed by atoms with E-state index in [1.165, 1.54) is 0 Å². The van der Waals surface area contributed by atoms with E-state index in [0.29, 0.717) is 24.5 Å². The van der Waals surface area contributed by atoms with Gasteiger partial charge in [0.05, 0.1) is 24.3 Å². The number of aliphatic hydroxyl groups is 1. The first kappa shape index (κ1) is 25.4. The molecule has 2 aliphatic heterocycles. The van der Waals surface area contributed by atoms with Crippen molar-refractivity contribution in [3.8, 4) is 0 Å². The van der Waals surface area contributed by atoms with Crippen LogP contribution in [0.15, 0.2) is 30.6 Å². The van der Waals surface area contributed by atoms with Crippen molar-refractivity contribution in [2.24, 2.45) is 0 Å². The second kappa shape index (κ2) is 11.4. The largest absolute Gasteiger partial charge is 0.387 e. The van der Waals surface area contributed by atoms with Crippen LogP contribution in [-0.2, 0) is 9.53 Å². The fraction of sp³-hybridized carbons (Fsp3) is 0.593. The number of halogens is 1. The Labute approximate surface area is 218 Å². The first-order valence-corrected chi connectivity index (χ1v) is 13.5. The van der Waals surface area contributed by atoms with E-state index in [1.54, 1.807) is 6.33 Å². The van der Waals surface area contributed by atoms with Crippen LogP contribution in [0.25, 0.3) is 0 Å². The molecule has 1 aliphatic carbocycles. The summed E-state index contributed by atoms with van der Waals surface area (Å²) in [4.78, 5) is 29.4. The van der Waals surface area contributed by atoms with E-state index in [2.05, 4.69) is 26.7 Å². The molecule has 2 fully saturated rings. The van der Waals surface area contributed by atoms with Crippen LogP contribution in [0.4, 0.5) is 5.82 Å². The highest BCUT2D eigenvalue weighted by molar-refractivity contribution is 6.30. The van der Waals surface area contributed by atoms with Crippen LogP contribution >= 0.6 is 11.6 Å². The molecule has 3 atom stereocenters. The van der Waals surface area contributed by atoms with Crippen LogP contribution in [0, 0.1) is 0 Å². The smallest absolute Gasteiger partial charge is 0.230 e. The van der Waals surface area contributed by atoms with Crippen LogP contribution in [0.5, 0.6) is 0 Å². The van der Waals surface area contributed by atoms with Crippen molar-refractivity contribution in [2.45, 2.75) is 44.1 Å². The number of fused-ring (bicyclic) bond motifs is 1. The van der Waals surface area contributed by atoms with Gasteiger partial charge < -0.3 is 24.5 Å². The number of rotatable bonds is 6. The van der Waals surface area contributed by atoms with Gasteiger partial charge in [0.25, 0.3) is 0 Å². The molecule has 2 saturated heterocycles. The lowest BCUT2D eigenvalue weighted by atomic mass is 9.93. The number of amides is 1. The Balaban J connectivity index is 1.27. The van der Waals surface area contributed by atoms with E-state index in [9.17, 15) is 9.90 Å². The molecule has 1 aromatic heterocycles. The van der Waals surface area contributed by atoms with Crippen LogP contribution in [0.1, 0.15) is 60.9 Å². The molecule has 0 unspecified atom stereocenters. The molecule has 8 nitrogen and oxygen atoms in total. The van der Waals surface area contributed by atoms with Gasteiger partial charge in [-0.1, -0.05) is 30.7 Å². The monoisotopic (exact) mass is 513 g/mol. The highest BCUT2D eigenvalue weighted by Crippen LogP contribution is 2.42. The lowest BCUT2D eigenvalue weighted by molar-refractivity contribution is -0.133. The van der Waals surface area contributed by atoms with Gasteiger partial charge in [0.1, 0.15) is 12.1 Å². The maximum absolute atomic E-state index is 13.8. The zero-order valence-corrected chi connectivity index (χ0v) is 21.7. The van der Waals surface area contributed by atoms with E-state index in [1.807, 2.05) is 29.2 Å². The summed E-state index contributed by atoms with van der Waals surface area (Å²) in [6, 6.07) is 7.73. The molecule has 5 rings (SSSR count). The highest BCUT2D eigenvalue weighted by Gasteiger charge is 2.35. The Morgan fingerprint density at radius 1 is 1.11 bits per heavy atom. The van der Waals surface area contributed by atoms with Crippen molar-refractivity contribution in [1.29, 1.82) is 0 Å². The van der Waals surface area contributed by atoms with Gasteiger partial charge >= 0.3 is 0 Å². The number of carbonyl (C=O) groups is 1. The molecule has 3 heterocycles. The number of carbonyl (C=O) groups excluding carboxylic acids is 1. The van der Waals surface area contributed by atoms with Gasteiger partial charge in [-0.25, -0.2) is 9.97 Å². The second-order valence-electron chi connectivity index (χ2n) is 10.2. The Morgan fingerprint density at radius 2 is 1.89 bits per heavy atom. The molecule has 194 valence electrons. The molecular weight excluding hydrogens is 478 g/mol. The maximum atomic E-state index is 13.8. The first-order valence-electron chi connectivity index (χ1n) is 13.1. The standard InChI is InChI=1S/C27H36ClN5O3/c1-19-17-23(34)25-24(19)26(30-18-29-25)32-10-12-33(13-11-32)27(35)22(20-3-5-21(28)6-4-20)7-9-31-8-2-15-36-16-14-31/h3-6,18-19,22-23,34H,2,7-17H2,1H3/t19-,22-,23-/m1/s1. The predicted octanol–water partition coefficient (Wildman–Crippen LogP) is 3.22. The fourth-order valence-corrected chi connectivity index (χ4v) is 5.90. The molecule has 36 heavy (non-hydrogen) atoms. The molecule has 0 radical (unpaired) electrons. The number of hydrogen-bond donors (Lipinski definition) is 1. The minimum atomic E-state index is -0.518. The maximum Gasteiger partial charge on any atom is 0.230 e. The average Bonchev–Trinajstić information content (AvgIpc) is 3.05. The third kappa shape index (κ3) is 5.52. The zero-order chi connectivity index (χ0) is 25.1. The quantitative estimate of drug-likeness (QED) is 0.635. The van der Waals surface area contributed by atoms with Crippen molar-refractivity contribution < 1.29 is 14.6 Å². The number of anilines is 1. The van der Waals surface area contributed by atoms with Gasteiger partial charge in [-0.2, -0.15) is 0 Å². The molecule has 3 aliphatic rings. The van der Waals surface area contributed by atoms with Crippen LogP contribution in [-0.4, -0.2) is 89.8 Å². The summed E-state index contributed by atoms with van der Waals surface area (Å²) < 4.78 is 5.60. The van der Waals surface area contributed by atoms with Crippen LogP contribution < -0.4 is 4.90 Å². The number of hydrogen-bond acceptors (Lipinski definition) is 7. The van der Waals surface area contributed by atoms with Gasteiger partial charge in [0, 0.05) is 56.5 Å². The van der Waals surface area contributed by atoms with Crippen molar-refractivity contribution in [3.05, 3.63) is 52.4 Å². The van der Waals surface area contributed by atoms with E-state index in [0.717, 1.165) is 81.4 Å². The van der Waals surface area contributed by atoms with Crippen molar-refractivity contribution in [3.63, 3.8) is 0 Å². The minimum Gasteiger partial charge on any atom is -0.387 e. The van der Waals surface area contributed by atoms with Gasteiger partial charge in [0.15, 0.2) is 0 Å². The molecular formula is C27H36ClN5O3. The first-order chi connectivity index (χ1) is 17.5. The fourth-order valence-electron chi connectivity index (χ4n) is 5.77. The summed E-state index contributed by atoms with van der Waals surface area (Å²) in [5, 5.41) is 11.0.